The average Bonchev–Trinajstić information content (AvgIpc) is 2.50. The number of carbonyl (C=O) groups is 2. The molecular weight excluding hydrogens is 292 g/mol. The number of carbonyl (C=O) groups excluding carboxylic acids is 2. The third kappa shape index (κ3) is 4.61. The Hall–Kier alpha value is -2.32. The summed E-state index contributed by atoms with van der Waals surface area (Å²) in [6.07, 6.45) is 0. The summed E-state index contributed by atoms with van der Waals surface area (Å²) in [5.74, 6) is -2.43. The lowest BCUT2D eigenvalue weighted by Gasteiger charge is -2.11. The Morgan fingerprint density at radius 2 is 1.27 bits per heavy atom. The first-order valence-electron chi connectivity index (χ1n) is 6.62. The van der Waals surface area contributed by atoms with Gasteiger partial charge in [0.25, 0.3) is 11.8 Å². The van der Waals surface area contributed by atoms with Crippen LogP contribution in [0.1, 0.15) is 20.7 Å². The van der Waals surface area contributed by atoms with Crippen LogP contribution in [-0.4, -0.2) is 62.6 Å². The second-order valence-electron chi connectivity index (χ2n) is 4.36. The number of rotatable bonds is 8. The Bertz CT molecular complexity index is 485. The second kappa shape index (κ2) is 8.85. The molecule has 1 aromatic rings. The van der Waals surface area contributed by atoms with Crippen LogP contribution in [-0.2, 0) is 9.47 Å². The Balaban J connectivity index is 2.83. The molecule has 0 bridgehead atoms. The molecule has 0 fully saturated rings. The van der Waals surface area contributed by atoms with Gasteiger partial charge in [-0.1, -0.05) is 0 Å². The minimum Gasteiger partial charge on any atom is -0.504 e. The van der Waals surface area contributed by atoms with Crippen LogP contribution >= 0.6 is 0 Å². The van der Waals surface area contributed by atoms with Crippen LogP contribution in [0.15, 0.2) is 12.1 Å². The molecule has 0 atom stereocenters. The van der Waals surface area contributed by atoms with E-state index < -0.39 is 23.3 Å². The summed E-state index contributed by atoms with van der Waals surface area (Å²) in [5.41, 5.74) is -0.246. The molecule has 0 radical (unpaired) electrons. The van der Waals surface area contributed by atoms with Gasteiger partial charge in [-0.2, -0.15) is 0 Å². The van der Waals surface area contributed by atoms with E-state index in [2.05, 4.69) is 10.6 Å². The van der Waals surface area contributed by atoms with Crippen molar-refractivity contribution in [2.24, 2.45) is 0 Å². The maximum Gasteiger partial charge on any atom is 0.255 e. The zero-order valence-electron chi connectivity index (χ0n) is 12.5. The fourth-order valence-electron chi connectivity index (χ4n) is 1.67. The summed E-state index contributed by atoms with van der Waals surface area (Å²) in [6.45, 7) is 1.15. The van der Waals surface area contributed by atoms with Crippen molar-refractivity contribution < 1.29 is 29.3 Å². The molecule has 4 N–H and O–H groups in total. The first kappa shape index (κ1) is 17.7. The zero-order valence-corrected chi connectivity index (χ0v) is 12.5. The van der Waals surface area contributed by atoms with Crippen LogP contribution in [0.5, 0.6) is 11.5 Å². The van der Waals surface area contributed by atoms with Crippen LogP contribution in [0, 0.1) is 0 Å². The first-order chi connectivity index (χ1) is 10.5. The van der Waals surface area contributed by atoms with Crippen molar-refractivity contribution in [2.75, 3.05) is 40.5 Å². The molecule has 0 aliphatic heterocycles. The molecule has 22 heavy (non-hydrogen) atoms. The highest BCUT2D eigenvalue weighted by Crippen LogP contribution is 2.32. The molecule has 122 valence electrons. The fourth-order valence-corrected chi connectivity index (χ4v) is 1.67. The molecule has 2 amide bonds. The highest BCUT2D eigenvalue weighted by atomic mass is 16.5. The quantitative estimate of drug-likeness (QED) is 0.392. The Kier molecular flexibility index (Phi) is 7.14. The molecule has 0 heterocycles. The van der Waals surface area contributed by atoms with E-state index in [1.807, 2.05) is 0 Å². The maximum absolute atomic E-state index is 11.8. The summed E-state index contributed by atoms with van der Waals surface area (Å²) in [5, 5.41) is 24.8. The van der Waals surface area contributed by atoms with Gasteiger partial charge in [-0.15, -0.1) is 0 Å². The fraction of sp³-hybridized carbons (Fsp3) is 0.429. The predicted molar refractivity (Wildman–Crippen MR) is 78.2 cm³/mol. The van der Waals surface area contributed by atoms with Crippen LogP contribution in [0.4, 0.5) is 0 Å². The highest BCUT2D eigenvalue weighted by molar-refractivity contribution is 6.02. The molecule has 0 saturated carbocycles. The second-order valence-corrected chi connectivity index (χ2v) is 4.36. The van der Waals surface area contributed by atoms with Crippen molar-refractivity contribution in [1.82, 2.24) is 10.6 Å². The molecule has 0 unspecified atom stereocenters. The Labute approximate surface area is 128 Å². The SMILES string of the molecule is COCCNC(=O)c1ccc(C(=O)NCCOC)c(O)c1O. The summed E-state index contributed by atoms with van der Waals surface area (Å²) in [7, 11) is 2.99. The van der Waals surface area contributed by atoms with Crippen LogP contribution in [0.25, 0.3) is 0 Å². The molecule has 0 aromatic heterocycles. The average molecular weight is 312 g/mol. The van der Waals surface area contributed by atoms with Crippen LogP contribution in [0.2, 0.25) is 0 Å². The van der Waals surface area contributed by atoms with Gasteiger partial charge in [0.2, 0.25) is 0 Å². The van der Waals surface area contributed by atoms with Crippen molar-refractivity contribution in [3.63, 3.8) is 0 Å². The molecule has 1 rings (SSSR count). The third-order valence-corrected chi connectivity index (χ3v) is 2.82. The van der Waals surface area contributed by atoms with Crippen LogP contribution < -0.4 is 10.6 Å². The highest BCUT2D eigenvalue weighted by Gasteiger charge is 2.20. The van der Waals surface area contributed by atoms with E-state index in [0.29, 0.717) is 13.2 Å². The van der Waals surface area contributed by atoms with Crippen molar-refractivity contribution >= 4 is 11.8 Å². The van der Waals surface area contributed by atoms with E-state index in [1.165, 1.54) is 26.4 Å². The summed E-state index contributed by atoms with van der Waals surface area (Å²) in [6, 6.07) is 2.53. The maximum atomic E-state index is 11.8. The van der Waals surface area contributed by atoms with Gasteiger partial charge in [-0.05, 0) is 12.1 Å². The first-order valence-corrected chi connectivity index (χ1v) is 6.62. The van der Waals surface area contributed by atoms with E-state index in [9.17, 15) is 19.8 Å². The number of phenolic OH excluding ortho intramolecular Hbond substituents is 2. The molecule has 0 aliphatic carbocycles. The number of methoxy groups -OCH3 is 2. The van der Waals surface area contributed by atoms with Gasteiger partial charge >= 0.3 is 0 Å². The lowest BCUT2D eigenvalue weighted by Crippen LogP contribution is -2.28. The lowest BCUT2D eigenvalue weighted by atomic mass is 10.1. The van der Waals surface area contributed by atoms with Crippen molar-refractivity contribution in [1.29, 1.82) is 0 Å². The molecule has 8 nitrogen and oxygen atoms in total. The van der Waals surface area contributed by atoms with Gasteiger partial charge in [0.15, 0.2) is 11.5 Å². The number of aromatic hydroxyl groups is 2. The summed E-state index contributed by atoms with van der Waals surface area (Å²) < 4.78 is 9.58. The number of ether oxygens (including phenoxy) is 2. The normalized spacial score (nSPS) is 10.3. The van der Waals surface area contributed by atoms with E-state index in [0.717, 1.165) is 0 Å². The minimum atomic E-state index is -0.644. The van der Waals surface area contributed by atoms with Gasteiger partial charge in [-0.3, -0.25) is 9.59 Å². The molecule has 0 spiro atoms. The van der Waals surface area contributed by atoms with Gasteiger partial charge in [0.1, 0.15) is 0 Å². The predicted octanol–water partition coefficient (Wildman–Crippen LogP) is -0.150. The number of hydrogen-bond donors (Lipinski definition) is 4. The summed E-state index contributed by atoms with van der Waals surface area (Å²) in [4.78, 5) is 23.7. The molecule has 1 aromatic carbocycles. The van der Waals surface area contributed by atoms with E-state index in [-0.39, 0.29) is 24.2 Å². The topological polar surface area (TPSA) is 117 Å². The number of amides is 2. The molecule has 0 aliphatic rings. The minimum absolute atomic E-state index is 0.123. The van der Waals surface area contributed by atoms with E-state index in [1.54, 1.807) is 0 Å². The van der Waals surface area contributed by atoms with Gasteiger partial charge < -0.3 is 30.3 Å². The van der Waals surface area contributed by atoms with Crippen molar-refractivity contribution in [3.8, 4) is 11.5 Å². The zero-order chi connectivity index (χ0) is 16.5. The van der Waals surface area contributed by atoms with Gasteiger partial charge in [-0.25, -0.2) is 0 Å². The number of phenols is 2. The number of benzene rings is 1. The number of nitrogens with one attached hydrogen (secondary N) is 2. The summed E-state index contributed by atoms with van der Waals surface area (Å²) >= 11 is 0. The lowest BCUT2D eigenvalue weighted by molar-refractivity contribution is 0.0920. The molecule has 0 saturated heterocycles. The van der Waals surface area contributed by atoms with Gasteiger partial charge in [0.05, 0.1) is 24.3 Å². The number of hydrogen-bond acceptors (Lipinski definition) is 6. The van der Waals surface area contributed by atoms with Crippen molar-refractivity contribution in [3.05, 3.63) is 23.3 Å². The smallest absolute Gasteiger partial charge is 0.255 e. The standard InChI is InChI=1S/C14H20N2O6/c1-21-7-5-15-13(19)9-3-4-10(12(18)11(9)17)14(20)16-6-8-22-2/h3-4,17-18H,5-8H2,1-2H3,(H,15,19)(H,16,20). The largest absolute Gasteiger partial charge is 0.504 e. The Morgan fingerprint density at radius 1 is 0.909 bits per heavy atom. The Morgan fingerprint density at radius 3 is 1.59 bits per heavy atom. The third-order valence-electron chi connectivity index (χ3n) is 2.82. The monoisotopic (exact) mass is 312 g/mol. The van der Waals surface area contributed by atoms with Gasteiger partial charge in [0, 0.05) is 27.3 Å². The molecular formula is C14H20N2O6. The molecule has 8 heteroatoms. The van der Waals surface area contributed by atoms with Crippen molar-refractivity contribution in [2.45, 2.75) is 0 Å². The van der Waals surface area contributed by atoms with E-state index >= 15 is 0 Å². The van der Waals surface area contributed by atoms with Crippen LogP contribution in [0.3, 0.4) is 0 Å². The van der Waals surface area contributed by atoms with E-state index in [4.69, 9.17) is 9.47 Å².